The van der Waals surface area contributed by atoms with Crippen molar-refractivity contribution in [2.75, 3.05) is 6.61 Å². The molecule has 120 valence electrons. The lowest BCUT2D eigenvalue weighted by Gasteiger charge is -2.21. The van der Waals surface area contributed by atoms with Gasteiger partial charge in [-0.15, -0.1) is 0 Å². The second kappa shape index (κ2) is 7.10. The number of halogens is 1. The Balaban J connectivity index is 2.50. The highest BCUT2D eigenvalue weighted by molar-refractivity contribution is 14.1. The van der Waals surface area contributed by atoms with E-state index in [1.165, 1.54) is 5.56 Å². The van der Waals surface area contributed by atoms with E-state index >= 15 is 0 Å². The summed E-state index contributed by atoms with van der Waals surface area (Å²) in [6, 6.07) is 8.38. The molecule has 1 aromatic carbocycles. The molecule has 22 heavy (non-hydrogen) atoms. The lowest BCUT2D eigenvalue weighted by Crippen LogP contribution is -2.27. The zero-order valence-corrected chi connectivity index (χ0v) is 15.7. The molecule has 0 saturated heterocycles. The first kappa shape index (κ1) is 17.4. The number of benzene rings is 1. The fraction of sp³-hybridized carbons (Fsp3) is 0.471. The van der Waals surface area contributed by atoms with Gasteiger partial charge in [-0.2, -0.15) is 0 Å². The van der Waals surface area contributed by atoms with Crippen LogP contribution in [0.2, 0.25) is 0 Å². The fourth-order valence-corrected chi connectivity index (χ4v) is 3.20. The van der Waals surface area contributed by atoms with Gasteiger partial charge < -0.3 is 14.4 Å². The molecular weight excluding hydrogens is 391 g/mol. The molecule has 2 aromatic rings. The summed E-state index contributed by atoms with van der Waals surface area (Å²) in [5.74, 6) is 0.851. The highest BCUT2D eigenvalue weighted by Crippen LogP contribution is 2.28. The Morgan fingerprint density at radius 2 is 1.91 bits per heavy atom. The molecule has 0 aliphatic rings. The van der Waals surface area contributed by atoms with Gasteiger partial charge in [-0.3, -0.25) is 0 Å². The van der Waals surface area contributed by atoms with Gasteiger partial charge in [0.15, 0.2) is 0 Å². The summed E-state index contributed by atoms with van der Waals surface area (Å²) in [5, 5.41) is 10.3. The maximum Gasteiger partial charge on any atom is 0.136 e. The first-order valence-corrected chi connectivity index (χ1v) is 8.51. The van der Waals surface area contributed by atoms with Crippen LogP contribution < -0.4 is 0 Å². The van der Waals surface area contributed by atoms with Crippen LogP contribution in [0.15, 0.2) is 24.3 Å². The molecule has 0 amide bonds. The lowest BCUT2D eigenvalue weighted by molar-refractivity contribution is 0.0574. The number of aliphatic hydroxyl groups is 1. The highest BCUT2D eigenvalue weighted by Gasteiger charge is 2.22. The SMILES string of the molecule is CCOCc1nc(I)c(-c2ccc(C)cc2)n1CC(C)(C)O. The predicted molar refractivity (Wildman–Crippen MR) is 96.7 cm³/mol. The van der Waals surface area contributed by atoms with E-state index in [0.29, 0.717) is 19.8 Å². The van der Waals surface area contributed by atoms with E-state index in [0.717, 1.165) is 20.8 Å². The van der Waals surface area contributed by atoms with E-state index in [4.69, 9.17) is 4.74 Å². The number of aromatic nitrogens is 2. The van der Waals surface area contributed by atoms with Gasteiger partial charge in [-0.05, 0) is 50.3 Å². The minimum Gasteiger partial charge on any atom is -0.389 e. The van der Waals surface area contributed by atoms with Crippen molar-refractivity contribution in [3.05, 3.63) is 39.4 Å². The molecule has 1 aromatic heterocycles. The molecule has 0 fully saturated rings. The minimum atomic E-state index is -0.815. The van der Waals surface area contributed by atoms with Crippen molar-refractivity contribution in [3.8, 4) is 11.3 Å². The molecule has 0 aliphatic carbocycles. The van der Waals surface area contributed by atoms with Crippen molar-refractivity contribution in [2.45, 2.75) is 46.4 Å². The second-order valence-corrected chi connectivity index (χ2v) is 7.09. The van der Waals surface area contributed by atoms with Crippen molar-refractivity contribution < 1.29 is 9.84 Å². The quantitative estimate of drug-likeness (QED) is 0.733. The minimum absolute atomic E-state index is 0.453. The predicted octanol–water partition coefficient (Wildman–Crippen LogP) is 3.77. The molecule has 4 nitrogen and oxygen atoms in total. The first-order valence-electron chi connectivity index (χ1n) is 7.44. The van der Waals surface area contributed by atoms with Gasteiger partial charge in [0.1, 0.15) is 16.1 Å². The third-order valence-electron chi connectivity index (χ3n) is 3.31. The summed E-state index contributed by atoms with van der Waals surface area (Å²) in [4.78, 5) is 4.64. The van der Waals surface area contributed by atoms with Crippen LogP contribution in [0.3, 0.4) is 0 Å². The van der Waals surface area contributed by atoms with Crippen molar-refractivity contribution in [3.63, 3.8) is 0 Å². The maximum absolute atomic E-state index is 10.3. The van der Waals surface area contributed by atoms with Crippen LogP contribution in [0.5, 0.6) is 0 Å². The Hall–Kier alpha value is -0.920. The fourth-order valence-electron chi connectivity index (χ4n) is 2.31. The Bertz CT molecular complexity index is 627. The van der Waals surface area contributed by atoms with E-state index in [-0.39, 0.29) is 0 Å². The molecule has 1 heterocycles. The molecule has 0 saturated carbocycles. The standard InChI is InChI=1S/C17H23IN2O2/c1-5-22-10-14-19-16(18)15(20(14)11-17(3,4)21)13-8-6-12(2)7-9-13/h6-9,21H,5,10-11H2,1-4H3. The summed E-state index contributed by atoms with van der Waals surface area (Å²) in [7, 11) is 0. The van der Waals surface area contributed by atoms with Crippen molar-refractivity contribution in [1.29, 1.82) is 0 Å². The summed E-state index contributed by atoms with van der Waals surface area (Å²) >= 11 is 2.25. The normalized spacial score (nSPS) is 11.9. The van der Waals surface area contributed by atoms with Crippen molar-refractivity contribution >= 4 is 22.6 Å². The van der Waals surface area contributed by atoms with Gasteiger partial charge in [0, 0.05) is 12.2 Å². The lowest BCUT2D eigenvalue weighted by atomic mass is 10.1. The number of hydrogen-bond acceptors (Lipinski definition) is 3. The van der Waals surface area contributed by atoms with Crippen LogP contribution in [-0.2, 0) is 17.9 Å². The Morgan fingerprint density at radius 1 is 1.27 bits per heavy atom. The highest BCUT2D eigenvalue weighted by atomic mass is 127. The maximum atomic E-state index is 10.3. The number of imidazole rings is 1. The number of hydrogen-bond donors (Lipinski definition) is 1. The molecule has 0 bridgehead atoms. The van der Waals surface area contributed by atoms with Gasteiger partial charge in [0.05, 0.1) is 17.8 Å². The molecule has 5 heteroatoms. The van der Waals surface area contributed by atoms with Gasteiger partial charge in [-0.1, -0.05) is 29.8 Å². The monoisotopic (exact) mass is 414 g/mol. The third-order valence-corrected chi connectivity index (χ3v) is 4.06. The van der Waals surface area contributed by atoms with Crippen LogP contribution in [0.4, 0.5) is 0 Å². The number of nitrogens with zero attached hydrogens (tertiary/aromatic N) is 2. The third kappa shape index (κ3) is 4.30. The molecule has 0 atom stereocenters. The zero-order chi connectivity index (χ0) is 16.3. The number of rotatable bonds is 6. The summed E-state index contributed by atoms with van der Waals surface area (Å²) in [6.07, 6.45) is 0. The molecule has 0 spiro atoms. The van der Waals surface area contributed by atoms with Crippen LogP contribution >= 0.6 is 22.6 Å². The zero-order valence-electron chi connectivity index (χ0n) is 13.6. The van der Waals surface area contributed by atoms with E-state index < -0.39 is 5.60 Å². The molecular formula is C17H23IN2O2. The van der Waals surface area contributed by atoms with Crippen LogP contribution in [0.1, 0.15) is 32.2 Å². The molecule has 1 N–H and O–H groups in total. The Labute approximate surface area is 145 Å². The van der Waals surface area contributed by atoms with E-state index in [9.17, 15) is 5.11 Å². The topological polar surface area (TPSA) is 47.3 Å². The molecule has 0 unspecified atom stereocenters. The largest absolute Gasteiger partial charge is 0.389 e. The smallest absolute Gasteiger partial charge is 0.136 e. The van der Waals surface area contributed by atoms with Crippen LogP contribution in [0, 0.1) is 10.6 Å². The van der Waals surface area contributed by atoms with Crippen molar-refractivity contribution in [1.82, 2.24) is 9.55 Å². The average molecular weight is 414 g/mol. The Morgan fingerprint density at radius 3 is 2.45 bits per heavy atom. The first-order chi connectivity index (χ1) is 10.3. The van der Waals surface area contributed by atoms with Crippen LogP contribution in [-0.4, -0.2) is 26.9 Å². The van der Waals surface area contributed by atoms with E-state index in [1.54, 1.807) is 0 Å². The number of aryl methyl sites for hydroxylation is 1. The van der Waals surface area contributed by atoms with Gasteiger partial charge in [-0.25, -0.2) is 4.98 Å². The molecule has 0 radical (unpaired) electrons. The van der Waals surface area contributed by atoms with Gasteiger partial charge in [0.2, 0.25) is 0 Å². The molecule has 2 rings (SSSR count). The number of ether oxygens (including phenoxy) is 1. The van der Waals surface area contributed by atoms with Crippen LogP contribution in [0.25, 0.3) is 11.3 Å². The Kier molecular flexibility index (Phi) is 5.63. The molecule has 0 aliphatic heterocycles. The summed E-state index contributed by atoms with van der Waals surface area (Å²) < 4.78 is 8.53. The second-order valence-electron chi connectivity index (χ2n) is 6.07. The van der Waals surface area contributed by atoms with Gasteiger partial charge >= 0.3 is 0 Å². The van der Waals surface area contributed by atoms with Gasteiger partial charge in [0.25, 0.3) is 0 Å². The van der Waals surface area contributed by atoms with Crippen molar-refractivity contribution in [2.24, 2.45) is 0 Å². The van der Waals surface area contributed by atoms with E-state index in [2.05, 4.69) is 63.3 Å². The summed E-state index contributed by atoms with van der Waals surface area (Å²) in [6.45, 7) is 9.24. The average Bonchev–Trinajstić information content (AvgIpc) is 2.72. The summed E-state index contributed by atoms with van der Waals surface area (Å²) in [5.41, 5.74) is 2.55. The van der Waals surface area contributed by atoms with E-state index in [1.807, 2.05) is 20.8 Å².